The Balaban J connectivity index is 1.50. The molecule has 0 saturated carbocycles. The summed E-state index contributed by atoms with van der Waals surface area (Å²) in [5.74, 6) is 0.329. The van der Waals surface area contributed by atoms with Crippen molar-refractivity contribution in [1.29, 1.82) is 0 Å². The summed E-state index contributed by atoms with van der Waals surface area (Å²) in [4.78, 5) is 15.5. The molecule has 1 N–H and O–H groups in total. The first-order valence-electron chi connectivity index (χ1n) is 12.4. The maximum atomic E-state index is 13.4. The minimum atomic E-state index is -3.76. The fourth-order valence-electron chi connectivity index (χ4n) is 5.10. The molecule has 10 heteroatoms. The Kier molecular flexibility index (Phi) is 8.81. The Hall–Kier alpha value is -1.72. The van der Waals surface area contributed by atoms with Crippen LogP contribution in [0.5, 0.6) is 5.75 Å². The SMILES string of the molecule is COc1ccc(C(=O)NCC(C2CCOC2)N2CCOCC2)cc1S(=O)(=O)N1CCCCCC1. The van der Waals surface area contributed by atoms with Crippen molar-refractivity contribution >= 4 is 15.9 Å². The topological polar surface area (TPSA) is 97.4 Å². The van der Waals surface area contributed by atoms with Gasteiger partial charge in [-0.05, 0) is 37.5 Å². The third-order valence-electron chi connectivity index (χ3n) is 7.10. The highest BCUT2D eigenvalue weighted by atomic mass is 32.2. The van der Waals surface area contributed by atoms with Gasteiger partial charge in [0, 0.05) is 56.9 Å². The summed E-state index contributed by atoms with van der Waals surface area (Å²) >= 11 is 0. The van der Waals surface area contributed by atoms with Gasteiger partial charge in [-0.25, -0.2) is 8.42 Å². The Morgan fingerprint density at radius 2 is 1.82 bits per heavy atom. The molecule has 2 unspecified atom stereocenters. The van der Waals surface area contributed by atoms with Crippen LogP contribution in [0.15, 0.2) is 23.1 Å². The molecule has 1 amide bonds. The Labute approximate surface area is 202 Å². The number of benzene rings is 1. The number of rotatable bonds is 8. The predicted octanol–water partition coefficient (Wildman–Crippen LogP) is 1.73. The fourth-order valence-corrected chi connectivity index (χ4v) is 6.80. The largest absolute Gasteiger partial charge is 0.495 e. The molecule has 4 rings (SSSR count). The highest BCUT2D eigenvalue weighted by molar-refractivity contribution is 7.89. The van der Waals surface area contributed by atoms with Crippen molar-refractivity contribution in [2.75, 3.05) is 66.3 Å². The van der Waals surface area contributed by atoms with Gasteiger partial charge in [0.1, 0.15) is 10.6 Å². The third kappa shape index (κ3) is 5.91. The van der Waals surface area contributed by atoms with Crippen molar-refractivity contribution in [2.45, 2.75) is 43.0 Å². The van der Waals surface area contributed by atoms with Crippen LogP contribution in [0.25, 0.3) is 0 Å². The second-order valence-electron chi connectivity index (χ2n) is 9.23. The average molecular weight is 496 g/mol. The van der Waals surface area contributed by atoms with E-state index in [9.17, 15) is 13.2 Å². The summed E-state index contributed by atoms with van der Waals surface area (Å²) in [5.41, 5.74) is 0.317. The lowest BCUT2D eigenvalue weighted by molar-refractivity contribution is 0.00166. The Bertz CT molecular complexity index is 921. The zero-order valence-electron chi connectivity index (χ0n) is 20.0. The monoisotopic (exact) mass is 495 g/mol. The van der Waals surface area contributed by atoms with Crippen LogP contribution in [-0.4, -0.2) is 95.8 Å². The third-order valence-corrected chi connectivity index (χ3v) is 9.02. The van der Waals surface area contributed by atoms with E-state index in [1.165, 1.54) is 17.5 Å². The van der Waals surface area contributed by atoms with Gasteiger partial charge in [-0.3, -0.25) is 9.69 Å². The van der Waals surface area contributed by atoms with E-state index in [-0.39, 0.29) is 22.6 Å². The van der Waals surface area contributed by atoms with Crippen LogP contribution in [0.3, 0.4) is 0 Å². The van der Waals surface area contributed by atoms with Crippen LogP contribution in [-0.2, 0) is 19.5 Å². The van der Waals surface area contributed by atoms with Gasteiger partial charge < -0.3 is 19.5 Å². The molecule has 1 aromatic rings. The number of carbonyl (C=O) groups excluding carboxylic acids is 1. The van der Waals surface area contributed by atoms with Gasteiger partial charge in [0.15, 0.2) is 0 Å². The van der Waals surface area contributed by atoms with Gasteiger partial charge in [0.05, 0.1) is 26.9 Å². The number of nitrogens with zero attached hydrogens (tertiary/aromatic N) is 2. The van der Waals surface area contributed by atoms with Crippen LogP contribution in [0, 0.1) is 5.92 Å². The summed E-state index contributed by atoms with van der Waals surface area (Å²) < 4.78 is 44.8. The molecule has 3 heterocycles. The number of carbonyl (C=O) groups is 1. The molecule has 3 aliphatic heterocycles. The fraction of sp³-hybridized carbons (Fsp3) is 0.708. The van der Waals surface area contributed by atoms with Crippen LogP contribution in [0.1, 0.15) is 42.5 Å². The van der Waals surface area contributed by atoms with E-state index in [0.717, 1.165) is 51.8 Å². The van der Waals surface area contributed by atoms with E-state index < -0.39 is 10.0 Å². The Morgan fingerprint density at radius 3 is 2.47 bits per heavy atom. The molecule has 0 radical (unpaired) electrons. The molecule has 0 bridgehead atoms. The molecule has 190 valence electrons. The molecule has 0 spiro atoms. The molecule has 1 aromatic carbocycles. The number of morpholine rings is 1. The van der Waals surface area contributed by atoms with Crippen molar-refractivity contribution in [3.05, 3.63) is 23.8 Å². The molecule has 3 fully saturated rings. The number of hydrogen-bond donors (Lipinski definition) is 1. The highest BCUT2D eigenvalue weighted by Gasteiger charge is 2.33. The van der Waals surface area contributed by atoms with Crippen molar-refractivity contribution in [2.24, 2.45) is 5.92 Å². The number of ether oxygens (including phenoxy) is 3. The molecular formula is C24H37N3O6S. The highest BCUT2D eigenvalue weighted by Crippen LogP contribution is 2.29. The lowest BCUT2D eigenvalue weighted by Crippen LogP contribution is -2.52. The van der Waals surface area contributed by atoms with Crippen LogP contribution >= 0.6 is 0 Å². The van der Waals surface area contributed by atoms with Crippen molar-refractivity contribution in [1.82, 2.24) is 14.5 Å². The lowest BCUT2D eigenvalue weighted by Gasteiger charge is -2.37. The van der Waals surface area contributed by atoms with E-state index in [4.69, 9.17) is 14.2 Å². The van der Waals surface area contributed by atoms with Crippen LogP contribution in [0.4, 0.5) is 0 Å². The second-order valence-corrected chi connectivity index (χ2v) is 11.1. The number of amides is 1. The first-order chi connectivity index (χ1) is 16.5. The van der Waals surface area contributed by atoms with Gasteiger partial charge in [-0.1, -0.05) is 12.8 Å². The van der Waals surface area contributed by atoms with Crippen molar-refractivity contribution < 1.29 is 27.4 Å². The minimum Gasteiger partial charge on any atom is -0.495 e. The zero-order chi connectivity index (χ0) is 24.0. The van der Waals surface area contributed by atoms with Crippen LogP contribution < -0.4 is 10.1 Å². The molecule has 0 aromatic heterocycles. The van der Waals surface area contributed by atoms with Gasteiger partial charge in [-0.2, -0.15) is 4.31 Å². The maximum Gasteiger partial charge on any atom is 0.251 e. The predicted molar refractivity (Wildman–Crippen MR) is 128 cm³/mol. The van der Waals surface area contributed by atoms with Crippen molar-refractivity contribution in [3.63, 3.8) is 0 Å². The van der Waals surface area contributed by atoms with E-state index in [1.807, 2.05) is 0 Å². The van der Waals surface area contributed by atoms with E-state index in [1.54, 1.807) is 12.1 Å². The molecule has 2 atom stereocenters. The zero-order valence-corrected chi connectivity index (χ0v) is 20.9. The van der Waals surface area contributed by atoms with E-state index in [2.05, 4.69) is 10.2 Å². The molecule has 0 aliphatic carbocycles. The van der Waals surface area contributed by atoms with E-state index >= 15 is 0 Å². The quantitative estimate of drug-likeness (QED) is 0.587. The van der Waals surface area contributed by atoms with E-state index in [0.29, 0.717) is 50.9 Å². The summed E-state index contributed by atoms with van der Waals surface area (Å²) in [5, 5.41) is 3.05. The van der Waals surface area contributed by atoms with Crippen molar-refractivity contribution in [3.8, 4) is 5.75 Å². The maximum absolute atomic E-state index is 13.4. The van der Waals surface area contributed by atoms with Crippen LogP contribution in [0.2, 0.25) is 0 Å². The number of sulfonamides is 1. The number of hydrogen-bond acceptors (Lipinski definition) is 7. The normalized spacial score (nSPS) is 23.9. The standard InChI is InChI=1S/C24H37N3O6S/c1-31-22-7-6-19(16-23(22)34(29,30)27-9-4-2-3-5-10-27)24(28)25-17-21(20-8-13-33-18-20)26-11-14-32-15-12-26/h6-7,16,20-21H,2-5,8-15,17-18H2,1H3,(H,25,28). The van der Waals surface area contributed by atoms with Gasteiger partial charge in [-0.15, -0.1) is 0 Å². The summed E-state index contributed by atoms with van der Waals surface area (Å²) in [7, 11) is -2.30. The summed E-state index contributed by atoms with van der Waals surface area (Å²) in [6.07, 6.45) is 4.72. The first kappa shape index (κ1) is 25.4. The molecule has 9 nitrogen and oxygen atoms in total. The number of nitrogens with one attached hydrogen (secondary N) is 1. The summed E-state index contributed by atoms with van der Waals surface area (Å²) in [6.45, 7) is 5.94. The summed E-state index contributed by atoms with van der Waals surface area (Å²) in [6, 6.07) is 4.81. The lowest BCUT2D eigenvalue weighted by atomic mass is 9.96. The average Bonchev–Trinajstić information content (AvgIpc) is 3.24. The minimum absolute atomic E-state index is 0.0541. The van der Waals surface area contributed by atoms with Gasteiger partial charge in [0.2, 0.25) is 10.0 Å². The second kappa shape index (κ2) is 11.8. The smallest absolute Gasteiger partial charge is 0.251 e. The molecule has 34 heavy (non-hydrogen) atoms. The number of methoxy groups -OCH3 is 1. The van der Waals surface area contributed by atoms with Gasteiger partial charge >= 0.3 is 0 Å². The molecule has 3 saturated heterocycles. The molecule has 3 aliphatic rings. The first-order valence-corrected chi connectivity index (χ1v) is 13.8. The van der Waals surface area contributed by atoms with Gasteiger partial charge in [0.25, 0.3) is 5.91 Å². The molecular weight excluding hydrogens is 458 g/mol. The Morgan fingerprint density at radius 1 is 1.09 bits per heavy atom.